The Hall–Kier alpha value is -1.09. The highest BCUT2D eigenvalue weighted by molar-refractivity contribution is 6.31. The van der Waals surface area contributed by atoms with Crippen LogP contribution >= 0.6 is 23.2 Å². The van der Waals surface area contributed by atoms with Gasteiger partial charge in [-0.05, 0) is 28.8 Å². The number of hydrogen-bond acceptors (Lipinski definition) is 1. The van der Waals surface area contributed by atoms with Crippen molar-refractivity contribution in [3.63, 3.8) is 0 Å². The lowest BCUT2D eigenvalue weighted by atomic mass is 10.1. The molecule has 0 aliphatic carbocycles. The van der Waals surface area contributed by atoms with E-state index < -0.39 is 0 Å². The number of hydrogen-bond donors (Lipinski definition) is 1. The van der Waals surface area contributed by atoms with Gasteiger partial charge in [-0.3, -0.25) is 0 Å². The van der Waals surface area contributed by atoms with Gasteiger partial charge in [-0.15, -0.1) is 11.6 Å². The van der Waals surface area contributed by atoms with Crippen LogP contribution < -0.4 is 5.32 Å². The Morgan fingerprint density at radius 1 is 0.947 bits per heavy atom. The molecule has 0 atom stereocenters. The Balaban J connectivity index is 1.88. The lowest BCUT2D eigenvalue weighted by Crippen LogP contribution is -2.13. The highest BCUT2D eigenvalue weighted by Gasteiger charge is 2.01. The Bertz CT molecular complexity index is 540. The van der Waals surface area contributed by atoms with Gasteiger partial charge < -0.3 is 5.32 Å². The molecule has 0 unspecified atom stereocenters. The summed E-state index contributed by atoms with van der Waals surface area (Å²) < 4.78 is 12.9. The maximum atomic E-state index is 12.9. The molecule has 100 valence electrons. The zero-order chi connectivity index (χ0) is 13.7. The highest BCUT2D eigenvalue weighted by atomic mass is 35.5. The van der Waals surface area contributed by atoms with Crippen LogP contribution in [0.4, 0.5) is 4.39 Å². The van der Waals surface area contributed by atoms with Crippen LogP contribution in [-0.2, 0) is 19.0 Å². The minimum atomic E-state index is -0.314. The van der Waals surface area contributed by atoms with E-state index in [9.17, 15) is 4.39 Å². The van der Waals surface area contributed by atoms with E-state index in [1.54, 1.807) is 6.07 Å². The summed E-state index contributed by atoms with van der Waals surface area (Å²) >= 11 is 11.7. The van der Waals surface area contributed by atoms with Gasteiger partial charge in [0.25, 0.3) is 0 Å². The predicted octanol–water partition coefficient (Wildman–Crippen LogP) is 4.51. The van der Waals surface area contributed by atoms with Crippen LogP contribution in [0.15, 0.2) is 42.5 Å². The molecule has 2 rings (SSSR count). The Labute approximate surface area is 122 Å². The summed E-state index contributed by atoms with van der Waals surface area (Å²) in [5, 5.41) is 3.72. The van der Waals surface area contributed by atoms with Crippen LogP contribution in [0.25, 0.3) is 0 Å². The molecule has 0 saturated carbocycles. The number of alkyl halides is 1. The van der Waals surface area contributed by atoms with Gasteiger partial charge in [0.2, 0.25) is 0 Å². The molecule has 0 spiro atoms. The quantitative estimate of drug-likeness (QED) is 0.801. The summed E-state index contributed by atoms with van der Waals surface area (Å²) in [5.41, 5.74) is 3.17. The molecule has 0 aliphatic heterocycles. The van der Waals surface area contributed by atoms with Crippen molar-refractivity contribution in [2.24, 2.45) is 0 Å². The van der Waals surface area contributed by atoms with E-state index in [-0.39, 0.29) is 5.82 Å². The summed E-state index contributed by atoms with van der Waals surface area (Å²) in [6.45, 7) is 1.34. The number of nitrogens with one attached hydrogen (secondary N) is 1. The second-order valence-corrected chi connectivity index (χ2v) is 4.96. The van der Waals surface area contributed by atoms with Gasteiger partial charge in [0.05, 0.1) is 0 Å². The molecule has 4 heteroatoms. The molecule has 0 aliphatic rings. The van der Waals surface area contributed by atoms with E-state index in [1.807, 2.05) is 24.3 Å². The molecule has 19 heavy (non-hydrogen) atoms. The molecule has 0 radical (unpaired) electrons. The molecule has 1 N–H and O–H groups in total. The molecular weight excluding hydrogens is 284 g/mol. The van der Waals surface area contributed by atoms with Gasteiger partial charge in [0.1, 0.15) is 5.82 Å². The van der Waals surface area contributed by atoms with Gasteiger partial charge in [0.15, 0.2) is 0 Å². The third-order valence-corrected chi connectivity index (χ3v) is 3.50. The largest absolute Gasteiger partial charge is 0.309 e. The van der Waals surface area contributed by atoms with Crippen molar-refractivity contribution in [2.45, 2.75) is 19.0 Å². The molecular formula is C15H14Cl2FN. The summed E-state index contributed by atoms with van der Waals surface area (Å²) in [6, 6.07) is 12.5. The van der Waals surface area contributed by atoms with Gasteiger partial charge in [-0.2, -0.15) is 0 Å². The third-order valence-electron chi connectivity index (χ3n) is 2.84. The van der Waals surface area contributed by atoms with Gasteiger partial charge >= 0.3 is 0 Å². The van der Waals surface area contributed by atoms with Crippen molar-refractivity contribution < 1.29 is 4.39 Å². The molecule has 0 amide bonds. The molecule has 0 bridgehead atoms. The maximum Gasteiger partial charge on any atom is 0.124 e. The van der Waals surface area contributed by atoms with Crippen molar-refractivity contribution in [1.29, 1.82) is 0 Å². The van der Waals surface area contributed by atoms with Gasteiger partial charge in [0, 0.05) is 24.0 Å². The molecule has 0 fully saturated rings. The fourth-order valence-corrected chi connectivity index (χ4v) is 2.16. The van der Waals surface area contributed by atoms with Crippen LogP contribution in [0, 0.1) is 5.82 Å². The smallest absolute Gasteiger partial charge is 0.124 e. The zero-order valence-electron chi connectivity index (χ0n) is 10.3. The molecule has 2 aromatic carbocycles. The second kappa shape index (κ2) is 6.90. The van der Waals surface area contributed by atoms with Crippen molar-refractivity contribution in [2.75, 3.05) is 0 Å². The summed E-state index contributed by atoms with van der Waals surface area (Å²) in [7, 11) is 0. The minimum absolute atomic E-state index is 0.314. The van der Waals surface area contributed by atoms with Crippen LogP contribution in [0.5, 0.6) is 0 Å². The van der Waals surface area contributed by atoms with E-state index in [0.29, 0.717) is 17.4 Å². The second-order valence-electron chi connectivity index (χ2n) is 4.29. The van der Waals surface area contributed by atoms with Crippen LogP contribution in [-0.4, -0.2) is 0 Å². The molecule has 2 aromatic rings. The molecule has 1 nitrogen and oxygen atoms in total. The summed E-state index contributed by atoms with van der Waals surface area (Å²) in [5.74, 6) is 0.212. The predicted molar refractivity (Wildman–Crippen MR) is 78.0 cm³/mol. The SMILES string of the molecule is Fc1ccc(CNCc2ccc(CCl)cc2)c(Cl)c1. The molecule has 0 saturated heterocycles. The van der Waals surface area contributed by atoms with Crippen molar-refractivity contribution >= 4 is 23.2 Å². The summed E-state index contributed by atoms with van der Waals surface area (Å²) in [4.78, 5) is 0. The van der Waals surface area contributed by atoms with E-state index >= 15 is 0 Å². The molecule has 0 heterocycles. The van der Waals surface area contributed by atoms with Crippen LogP contribution in [0.2, 0.25) is 5.02 Å². The highest BCUT2D eigenvalue weighted by Crippen LogP contribution is 2.17. The van der Waals surface area contributed by atoms with Crippen molar-refractivity contribution in [1.82, 2.24) is 5.32 Å². The van der Waals surface area contributed by atoms with E-state index in [2.05, 4.69) is 5.32 Å². The Morgan fingerprint density at radius 3 is 2.26 bits per heavy atom. The lowest BCUT2D eigenvalue weighted by molar-refractivity contribution is 0.625. The maximum absolute atomic E-state index is 12.9. The fourth-order valence-electron chi connectivity index (χ4n) is 1.75. The average Bonchev–Trinajstić information content (AvgIpc) is 2.42. The minimum Gasteiger partial charge on any atom is -0.309 e. The van der Waals surface area contributed by atoms with Crippen LogP contribution in [0.1, 0.15) is 16.7 Å². The number of halogens is 3. The first-order chi connectivity index (χ1) is 9.19. The number of benzene rings is 2. The summed E-state index contributed by atoms with van der Waals surface area (Å²) in [6.07, 6.45) is 0. The average molecular weight is 298 g/mol. The zero-order valence-corrected chi connectivity index (χ0v) is 11.8. The van der Waals surface area contributed by atoms with Crippen molar-refractivity contribution in [3.8, 4) is 0 Å². The lowest BCUT2D eigenvalue weighted by Gasteiger charge is -2.07. The van der Waals surface area contributed by atoms with Crippen LogP contribution in [0.3, 0.4) is 0 Å². The third kappa shape index (κ3) is 4.20. The fraction of sp³-hybridized carbons (Fsp3) is 0.200. The Kier molecular flexibility index (Phi) is 5.20. The normalized spacial score (nSPS) is 10.7. The topological polar surface area (TPSA) is 12.0 Å². The van der Waals surface area contributed by atoms with E-state index in [4.69, 9.17) is 23.2 Å². The van der Waals surface area contributed by atoms with Gasteiger partial charge in [-0.25, -0.2) is 4.39 Å². The number of rotatable bonds is 5. The van der Waals surface area contributed by atoms with Crippen molar-refractivity contribution in [3.05, 3.63) is 70.0 Å². The molecule has 0 aromatic heterocycles. The van der Waals surface area contributed by atoms with E-state index in [0.717, 1.165) is 17.7 Å². The monoisotopic (exact) mass is 297 g/mol. The van der Waals surface area contributed by atoms with E-state index in [1.165, 1.54) is 17.7 Å². The standard InChI is InChI=1S/C15H14Cl2FN/c16-8-11-1-3-12(4-2-11)9-19-10-13-5-6-14(18)7-15(13)17/h1-7,19H,8-10H2. The first kappa shape index (κ1) is 14.3. The first-order valence-electron chi connectivity index (χ1n) is 5.97. The first-order valence-corrected chi connectivity index (χ1v) is 6.88. The Morgan fingerprint density at radius 2 is 1.63 bits per heavy atom. The van der Waals surface area contributed by atoms with Gasteiger partial charge in [-0.1, -0.05) is 41.9 Å².